The fraction of sp³-hybridized carbons (Fsp3) is 0.381. The molecule has 0 radical (unpaired) electrons. The minimum absolute atomic E-state index is 0.109. The highest BCUT2D eigenvalue weighted by Gasteiger charge is 2.27. The minimum Gasteiger partial charge on any atom is -0.486 e. The Bertz CT molecular complexity index is 784. The van der Waals surface area contributed by atoms with Crippen LogP contribution in [0.5, 0.6) is 0 Å². The van der Waals surface area contributed by atoms with Gasteiger partial charge in [0.1, 0.15) is 0 Å². The van der Waals surface area contributed by atoms with Crippen molar-refractivity contribution >= 4 is 33.9 Å². The molecule has 1 fully saturated rings. The minimum atomic E-state index is -0.109. The zero-order valence-electron chi connectivity index (χ0n) is 15.2. The number of likely N-dealkylation sites (tertiary alicyclic amines) is 1. The quantitative estimate of drug-likeness (QED) is 0.792. The summed E-state index contributed by atoms with van der Waals surface area (Å²) in [7, 11) is 0. The van der Waals surface area contributed by atoms with Gasteiger partial charge in [-0.2, -0.15) is 0 Å². The van der Waals surface area contributed by atoms with Crippen molar-refractivity contribution in [3.05, 3.63) is 64.0 Å². The molecule has 1 aromatic carbocycles. The van der Waals surface area contributed by atoms with Gasteiger partial charge >= 0.3 is 0 Å². The maximum Gasteiger partial charge on any atom is 0.287 e. The lowest BCUT2D eigenvalue weighted by Gasteiger charge is -2.27. The number of amides is 1. The van der Waals surface area contributed by atoms with Gasteiger partial charge in [0.2, 0.25) is 0 Å². The number of carbonyl (C=O) groups excluding carboxylic acids is 1. The maximum absolute atomic E-state index is 12.9. The first kappa shape index (κ1) is 18.6. The second kappa shape index (κ2) is 8.95. The molecule has 0 saturated carbocycles. The standard InChI is InChI=1S/C21H24N2O2S2/c24-21(19-20(27-14-12-25-19)16-7-2-1-3-8-16)22-15-17(18-9-6-13-26-18)23-10-4-5-11-23/h1-3,6-9,13,17H,4-5,10-12,14-15H2,(H,22,24). The highest BCUT2D eigenvalue weighted by molar-refractivity contribution is 8.08. The summed E-state index contributed by atoms with van der Waals surface area (Å²) in [5.74, 6) is 1.22. The summed E-state index contributed by atoms with van der Waals surface area (Å²) in [5, 5.41) is 5.26. The lowest BCUT2D eigenvalue weighted by molar-refractivity contribution is -0.121. The van der Waals surface area contributed by atoms with Gasteiger partial charge in [-0.25, -0.2) is 0 Å². The summed E-state index contributed by atoms with van der Waals surface area (Å²) in [6, 6.07) is 14.5. The average molecular weight is 401 g/mol. The summed E-state index contributed by atoms with van der Waals surface area (Å²) in [6.45, 7) is 3.38. The van der Waals surface area contributed by atoms with Crippen molar-refractivity contribution in [3.63, 3.8) is 0 Å². The Kier molecular flexibility index (Phi) is 6.17. The molecule has 4 rings (SSSR count). The van der Waals surface area contributed by atoms with Crippen molar-refractivity contribution in [2.45, 2.75) is 18.9 Å². The summed E-state index contributed by atoms with van der Waals surface area (Å²) in [4.78, 5) is 17.7. The molecule has 0 bridgehead atoms. The topological polar surface area (TPSA) is 41.6 Å². The molecule has 6 heteroatoms. The second-order valence-corrected chi connectivity index (χ2v) is 8.79. The number of nitrogens with zero attached hydrogens (tertiary/aromatic N) is 1. The van der Waals surface area contributed by atoms with E-state index in [-0.39, 0.29) is 11.9 Å². The number of ether oxygens (including phenoxy) is 1. The van der Waals surface area contributed by atoms with Gasteiger partial charge in [0.25, 0.3) is 5.91 Å². The highest BCUT2D eigenvalue weighted by atomic mass is 32.2. The van der Waals surface area contributed by atoms with Crippen LogP contribution in [0, 0.1) is 0 Å². The van der Waals surface area contributed by atoms with Crippen molar-refractivity contribution in [1.82, 2.24) is 10.2 Å². The number of rotatable bonds is 6. The Labute approximate surface area is 168 Å². The third kappa shape index (κ3) is 4.39. The maximum atomic E-state index is 12.9. The molecule has 2 aromatic rings. The van der Waals surface area contributed by atoms with Gasteiger partial charge in [-0.15, -0.1) is 23.1 Å². The first-order valence-corrected chi connectivity index (χ1v) is 11.3. The smallest absolute Gasteiger partial charge is 0.287 e. The summed E-state index contributed by atoms with van der Waals surface area (Å²) >= 11 is 3.46. The number of hydrogen-bond donors (Lipinski definition) is 1. The van der Waals surface area contributed by atoms with E-state index >= 15 is 0 Å². The molecule has 4 nitrogen and oxygen atoms in total. The molecular formula is C21H24N2O2S2. The van der Waals surface area contributed by atoms with E-state index in [1.54, 1.807) is 23.1 Å². The van der Waals surface area contributed by atoms with Gasteiger partial charge in [-0.1, -0.05) is 36.4 Å². The van der Waals surface area contributed by atoms with Gasteiger partial charge in [-0.05, 0) is 42.9 Å². The number of hydrogen-bond acceptors (Lipinski definition) is 5. The molecule has 1 unspecified atom stereocenters. The number of thioether (sulfide) groups is 1. The molecule has 1 atom stereocenters. The molecule has 0 spiro atoms. The van der Waals surface area contributed by atoms with Gasteiger partial charge in [-0.3, -0.25) is 9.69 Å². The van der Waals surface area contributed by atoms with Crippen LogP contribution in [0.3, 0.4) is 0 Å². The molecule has 2 aliphatic rings. The zero-order valence-corrected chi connectivity index (χ0v) is 16.9. The summed E-state index contributed by atoms with van der Waals surface area (Å²) in [5.41, 5.74) is 1.04. The molecule has 0 aliphatic carbocycles. The predicted molar refractivity (Wildman–Crippen MR) is 113 cm³/mol. The first-order valence-electron chi connectivity index (χ1n) is 9.44. The largest absolute Gasteiger partial charge is 0.486 e. The van der Waals surface area contributed by atoms with Crippen LogP contribution in [0.15, 0.2) is 53.6 Å². The number of nitrogens with one attached hydrogen (secondary N) is 1. The van der Waals surface area contributed by atoms with E-state index in [2.05, 4.69) is 27.7 Å². The van der Waals surface area contributed by atoms with Crippen LogP contribution in [-0.2, 0) is 9.53 Å². The normalized spacial score (nSPS) is 19.0. The molecular weight excluding hydrogens is 376 g/mol. The van der Waals surface area contributed by atoms with Crippen LogP contribution in [-0.4, -0.2) is 42.8 Å². The Morgan fingerprint density at radius 2 is 1.96 bits per heavy atom. The Hall–Kier alpha value is -1.76. The molecule has 1 amide bonds. The monoisotopic (exact) mass is 400 g/mol. The van der Waals surface area contributed by atoms with Crippen molar-refractivity contribution in [2.75, 3.05) is 32.0 Å². The van der Waals surface area contributed by atoms with E-state index in [1.807, 2.05) is 30.3 Å². The van der Waals surface area contributed by atoms with Crippen molar-refractivity contribution < 1.29 is 9.53 Å². The highest BCUT2D eigenvalue weighted by Crippen LogP contribution is 2.35. The van der Waals surface area contributed by atoms with Crippen LogP contribution in [0.2, 0.25) is 0 Å². The summed E-state index contributed by atoms with van der Waals surface area (Å²) < 4.78 is 5.79. The first-order chi connectivity index (χ1) is 13.3. The Morgan fingerprint density at radius 1 is 1.15 bits per heavy atom. The van der Waals surface area contributed by atoms with Gasteiger partial charge in [0, 0.05) is 17.2 Å². The molecule has 1 aromatic heterocycles. The van der Waals surface area contributed by atoms with Crippen molar-refractivity contribution in [1.29, 1.82) is 0 Å². The number of thiophene rings is 1. The van der Waals surface area contributed by atoms with Gasteiger partial charge in [0.15, 0.2) is 5.76 Å². The fourth-order valence-corrected chi connectivity index (χ4v) is 5.42. The zero-order chi connectivity index (χ0) is 18.5. The Morgan fingerprint density at radius 3 is 2.70 bits per heavy atom. The fourth-order valence-electron chi connectivity index (χ4n) is 3.60. The molecule has 27 heavy (non-hydrogen) atoms. The van der Waals surface area contributed by atoms with Crippen LogP contribution in [0.25, 0.3) is 4.91 Å². The van der Waals surface area contributed by atoms with E-state index in [1.165, 1.54) is 17.7 Å². The van der Waals surface area contributed by atoms with Crippen LogP contribution >= 0.6 is 23.1 Å². The lowest BCUT2D eigenvalue weighted by Crippen LogP contribution is -2.37. The van der Waals surface area contributed by atoms with E-state index < -0.39 is 0 Å². The second-order valence-electron chi connectivity index (χ2n) is 6.71. The van der Waals surface area contributed by atoms with Crippen LogP contribution in [0.4, 0.5) is 0 Å². The van der Waals surface area contributed by atoms with Crippen molar-refractivity contribution in [3.8, 4) is 0 Å². The van der Waals surface area contributed by atoms with E-state index in [0.29, 0.717) is 18.9 Å². The number of carbonyl (C=O) groups is 1. The lowest BCUT2D eigenvalue weighted by atomic mass is 10.2. The van der Waals surface area contributed by atoms with Crippen LogP contribution < -0.4 is 5.32 Å². The molecule has 1 N–H and O–H groups in total. The average Bonchev–Trinajstić information content (AvgIpc) is 3.43. The molecule has 3 heterocycles. The SMILES string of the molecule is O=C(NCC(c1cccs1)N1CCCC1)C1=C(c2ccccc2)SCCO1. The number of benzene rings is 1. The predicted octanol–water partition coefficient (Wildman–Crippen LogP) is 4.13. The molecule has 1 saturated heterocycles. The summed E-state index contributed by atoms with van der Waals surface area (Å²) in [6.07, 6.45) is 2.47. The molecule has 2 aliphatic heterocycles. The third-order valence-electron chi connectivity index (χ3n) is 4.93. The van der Waals surface area contributed by atoms with E-state index in [0.717, 1.165) is 29.3 Å². The third-order valence-corrected chi connectivity index (χ3v) is 6.99. The van der Waals surface area contributed by atoms with E-state index in [4.69, 9.17) is 4.74 Å². The Balaban J connectivity index is 1.50. The van der Waals surface area contributed by atoms with Gasteiger partial charge in [0.05, 0.1) is 17.6 Å². The van der Waals surface area contributed by atoms with Crippen molar-refractivity contribution in [2.24, 2.45) is 0 Å². The molecule has 142 valence electrons. The van der Waals surface area contributed by atoms with Crippen LogP contribution in [0.1, 0.15) is 29.3 Å². The van der Waals surface area contributed by atoms with E-state index in [9.17, 15) is 4.79 Å². The van der Waals surface area contributed by atoms with Gasteiger partial charge < -0.3 is 10.1 Å².